The summed E-state index contributed by atoms with van der Waals surface area (Å²) in [6, 6.07) is 12.4. The monoisotopic (exact) mass is 810 g/mol. The minimum Gasteiger partial charge on any atom is -0.392 e. The first kappa shape index (κ1) is 46.1. The van der Waals surface area contributed by atoms with E-state index >= 15 is 0 Å². The summed E-state index contributed by atoms with van der Waals surface area (Å²) in [5, 5.41) is 16.4. The van der Waals surface area contributed by atoms with Gasteiger partial charge in [0.15, 0.2) is 6.29 Å². The maximum atomic E-state index is 13.5. The van der Waals surface area contributed by atoms with Crippen molar-refractivity contribution in [2.75, 3.05) is 5.34 Å². The smallest absolute Gasteiger partial charge is 0.221 e. The molecule has 0 saturated heterocycles. The molecule has 2 aliphatic heterocycles. The first-order chi connectivity index (χ1) is 25.9. The highest BCUT2D eigenvalue weighted by atomic mass is 35.5. The predicted molar refractivity (Wildman–Crippen MR) is 221 cm³/mol. The van der Waals surface area contributed by atoms with Crippen LogP contribution in [0.4, 0.5) is 8.78 Å². The molecule has 3 N–H and O–H groups in total. The molecule has 302 valence electrons. The maximum Gasteiger partial charge on any atom is 0.221 e. The lowest BCUT2D eigenvalue weighted by molar-refractivity contribution is -0.123. The molecule has 2 aliphatic rings. The quantitative estimate of drug-likeness (QED) is 0.132. The van der Waals surface area contributed by atoms with Gasteiger partial charge in [-0.25, -0.2) is 8.78 Å². The topological polar surface area (TPSA) is 121 Å². The molecule has 12 heteroatoms. The average Bonchev–Trinajstić information content (AvgIpc) is 3.31. The molecule has 6 rings (SSSR count). The number of carbonyl (C=O) groups is 3. The lowest BCUT2D eigenvalue weighted by Crippen LogP contribution is -2.40. The third kappa shape index (κ3) is 10.2. The molecular formula is C44H54Cl2F2N4O4. The molecule has 4 aromatic rings. The minimum absolute atomic E-state index is 0. The van der Waals surface area contributed by atoms with E-state index in [0.29, 0.717) is 36.9 Å². The molecule has 8 nitrogen and oxygen atoms in total. The number of aromatic nitrogens is 2. The molecular weight excluding hydrogens is 757 g/mol. The number of nitrogens with one attached hydrogen (secondary N) is 2. The van der Waals surface area contributed by atoms with Gasteiger partial charge in [-0.05, 0) is 110 Å². The fourth-order valence-electron chi connectivity index (χ4n) is 7.39. The Hall–Kier alpha value is -4.25. The highest BCUT2D eigenvalue weighted by Crippen LogP contribution is 2.41. The van der Waals surface area contributed by atoms with Crippen LogP contribution in [0.2, 0.25) is 0 Å². The zero-order chi connectivity index (χ0) is 40.8. The van der Waals surface area contributed by atoms with Crippen LogP contribution in [0, 0.1) is 11.6 Å². The van der Waals surface area contributed by atoms with E-state index in [0.717, 1.165) is 62.3 Å². The molecule has 0 radical (unpaired) electrons. The van der Waals surface area contributed by atoms with Crippen LogP contribution >= 0.6 is 23.2 Å². The molecule has 2 aromatic heterocycles. The second-order valence-corrected chi connectivity index (χ2v) is 16.1. The Morgan fingerprint density at radius 2 is 1.09 bits per heavy atom. The molecule has 0 spiro atoms. The number of halogens is 4. The lowest BCUT2D eigenvalue weighted by Gasteiger charge is -2.29. The zero-order valence-electron chi connectivity index (χ0n) is 32.7. The van der Waals surface area contributed by atoms with Gasteiger partial charge < -0.3 is 15.7 Å². The number of rotatable bonds is 6. The van der Waals surface area contributed by atoms with Crippen LogP contribution in [0.15, 0.2) is 48.5 Å². The SMILES string of the molecule is C.CC(C)c1nc2c(c(-c3ccc(F)cc3)c1C=O)CCC(=O)NC2(C)C.CC(C)c1nc2c(c(-c3ccc(F)cc3)c1CO)CCC(=O)NC2(C)C.ClCCl. The number of benzene rings is 2. The Balaban J connectivity index is 0.000000276. The largest absolute Gasteiger partial charge is 0.392 e. The molecule has 0 unspecified atom stereocenters. The average molecular weight is 812 g/mol. The summed E-state index contributed by atoms with van der Waals surface area (Å²) in [5.74, 6) is -0.555. The van der Waals surface area contributed by atoms with E-state index in [-0.39, 0.29) is 54.7 Å². The fraction of sp³-hybridized carbons (Fsp3) is 0.432. The first-order valence-corrected chi connectivity index (χ1v) is 19.4. The van der Waals surface area contributed by atoms with Gasteiger partial charge in [-0.3, -0.25) is 24.4 Å². The van der Waals surface area contributed by atoms with Crippen LogP contribution < -0.4 is 10.6 Å². The molecule has 0 saturated carbocycles. The van der Waals surface area contributed by atoms with Crippen molar-refractivity contribution < 1.29 is 28.3 Å². The third-order valence-electron chi connectivity index (χ3n) is 9.72. The number of nitrogens with zero attached hydrogens (tertiary/aromatic N) is 2. The number of amides is 2. The number of carbonyl (C=O) groups excluding carboxylic acids is 3. The van der Waals surface area contributed by atoms with E-state index in [9.17, 15) is 28.3 Å². The zero-order valence-corrected chi connectivity index (χ0v) is 34.2. The third-order valence-corrected chi connectivity index (χ3v) is 9.72. The summed E-state index contributed by atoms with van der Waals surface area (Å²) >= 11 is 9.53. The van der Waals surface area contributed by atoms with Gasteiger partial charge in [-0.1, -0.05) is 59.4 Å². The van der Waals surface area contributed by atoms with E-state index in [1.54, 1.807) is 24.3 Å². The summed E-state index contributed by atoms with van der Waals surface area (Å²) in [5.41, 5.74) is 8.20. The molecule has 0 aliphatic carbocycles. The van der Waals surface area contributed by atoms with Crippen LogP contribution in [-0.2, 0) is 40.1 Å². The van der Waals surface area contributed by atoms with Gasteiger partial charge in [0, 0.05) is 29.7 Å². The van der Waals surface area contributed by atoms with E-state index < -0.39 is 11.1 Å². The molecule has 2 aromatic carbocycles. The van der Waals surface area contributed by atoms with Crippen molar-refractivity contribution in [3.63, 3.8) is 0 Å². The number of fused-ring (bicyclic) bond motifs is 2. The van der Waals surface area contributed by atoms with Crippen LogP contribution in [0.1, 0.15) is 137 Å². The van der Waals surface area contributed by atoms with Gasteiger partial charge in [-0.15, -0.1) is 23.2 Å². The molecule has 0 bridgehead atoms. The van der Waals surface area contributed by atoms with Crippen molar-refractivity contribution in [1.29, 1.82) is 0 Å². The van der Waals surface area contributed by atoms with Gasteiger partial charge in [0.1, 0.15) is 11.6 Å². The van der Waals surface area contributed by atoms with Crippen molar-refractivity contribution in [3.05, 3.63) is 105 Å². The van der Waals surface area contributed by atoms with Crippen molar-refractivity contribution in [1.82, 2.24) is 20.6 Å². The Bertz CT molecular complexity index is 2030. The van der Waals surface area contributed by atoms with Gasteiger partial charge in [0.2, 0.25) is 11.8 Å². The fourth-order valence-corrected chi connectivity index (χ4v) is 7.39. The summed E-state index contributed by atoms with van der Waals surface area (Å²) in [7, 11) is 0. The second-order valence-electron chi connectivity index (χ2n) is 15.3. The Morgan fingerprint density at radius 3 is 1.46 bits per heavy atom. The summed E-state index contributed by atoms with van der Waals surface area (Å²) in [6.45, 7) is 15.6. The summed E-state index contributed by atoms with van der Waals surface area (Å²) in [4.78, 5) is 46.1. The molecule has 0 fully saturated rings. The number of aliphatic hydroxyl groups excluding tert-OH is 1. The lowest BCUT2D eigenvalue weighted by atomic mass is 9.84. The summed E-state index contributed by atoms with van der Waals surface area (Å²) in [6.07, 6.45) is 2.54. The van der Waals surface area contributed by atoms with Crippen LogP contribution in [0.5, 0.6) is 0 Å². The minimum atomic E-state index is -0.650. The Kier molecular flexibility index (Phi) is 15.9. The van der Waals surface area contributed by atoms with Crippen LogP contribution in [0.3, 0.4) is 0 Å². The van der Waals surface area contributed by atoms with Crippen LogP contribution in [-0.4, -0.2) is 38.5 Å². The molecule has 56 heavy (non-hydrogen) atoms. The van der Waals surface area contributed by atoms with Gasteiger partial charge in [0.25, 0.3) is 0 Å². The van der Waals surface area contributed by atoms with Crippen molar-refractivity contribution in [2.24, 2.45) is 0 Å². The Morgan fingerprint density at radius 1 is 0.714 bits per heavy atom. The van der Waals surface area contributed by atoms with Crippen molar-refractivity contribution in [3.8, 4) is 22.3 Å². The number of pyridine rings is 2. The van der Waals surface area contributed by atoms with E-state index in [2.05, 4.69) is 10.6 Å². The Labute approximate surface area is 339 Å². The number of alkyl halides is 2. The standard InChI is InChI=1S/C21H25FN2O2.C21H23FN2O2.CH2Cl2.CH4/c2*1-12(2)19-16(11-25)18(13-5-7-14(22)8-6-13)15-9-10-17(26)24-21(3,4)20(15)23-19;2-1-3;/h5-8,12,25H,9-11H2,1-4H3,(H,24,26);5-8,11-12H,9-10H2,1-4H3,(H,24,26);1H2;1H4. The van der Waals surface area contributed by atoms with Gasteiger partial charge >= 0.3 is 0 Å². The highest BCUT2D eigenvalue weighted by Gasteiger charge is 2.36. The molecule has 0 atom stereocenters. The van der Waals surface area contributed by atoms with E-state index in [1.165, 1.54) is 24.3 Å². The van der Waals surface area contributed by atoms with Crippen LogP contribution in [0.25, 0.3) is 22.3 Å². The van der Waals surface area contributed by atoms with Gasteiger partial charge in [-0.2, -0.15) is 0 Å². The number of hydrogen-bond acceptors (Lipinski definition) is 6. The maximum absolute atomic E-state index is 13.5. The van der Waals surface area contributed by atoms with E-state index in [4.69, 9.17) is 33.2 Å². The van der Waals surface area contributed by atoms with Crippen molar-refractivity contribution >= 4 is 41.3 Å². The number of aldehydes is 1. The van der Waals surface area contributed by atoms with E-state index in [1.807, 2.05) is 55.4 Å². The normalized spacial score (nSPS) is 15.3. The van der Waals surface area contributed by atoms with Gasteiger partial charge in [0.05, 0.1) is 40.1 Å². The first-order valence-electron chi connectivity index (χ1n) is 18.4. The number of aliphatic hydroxyl groups is 1. The second kappa shape index (κ2) is 19.3. The number of hydrogen-bond donors (Lipinski definition) is 3. The predicted octanol–water partition coefficient (Wildman–Crippen LogP) is 9.98. The summed E-state index contributed by atoms with van der Waals surface area (Å²) < 4.78 is 26.9. The molecule has 2 amide bonds. The highest BCUT2D eigenvalue weighted by molar-refractivity contribution is 6.40. The molecule has 4 heterocycles. The van der Waals surface area contributed by atoms with Crippen molar-refractivity contribution in [2.45, 2.75) is 118 Å².